The second-order valence-corrected chi connectivity index (χ2v) is 11.7. The van der Waals surface area contributed by atoms with E-state index in [4.69, 9.17) is 20.1 Å². The Balaban J connectivity index is 0.000000391. The van der Waals surface area contributed by atoms with E-state index in [0.29, 0.717) is 38.5 Å². The molecule has 236 valence electrons. The van der Waals surface area contributed by atoms with Crippen LogP contribution in [0.3, 0.4) is 0 Å². The zero-order valence-corrected chi connectivity index (χ0v) is 25.2. The lowest BCUT2D eigenvalue weighted by atomic mass is 10.1. The maximum absolute atomic E-state index is 12.4. The van der Waals surface area contributed by atoms with E-state index in [1.807, 2.05) is 30.5 Å². The number of hydrogen-bond donors (Lipinski definition) is 5. The van der Waals surface area contributed by atoms with Gasteiger partial charge in [-0.25, -0.2) is 4.98 Å². The quantitative estimate of drug-likeness (QED) is 0.132. The van der Waals surface area contributed by atoms with E-state index >= 15 is 0 Å². The fourth-order valence-corrected chi connectivity index (χ4v) is 5.54. The normalized spacial score (nSPS) is 10.6. The standard InChI is InChI=1S/C24H22N4O4S.C7H8O3S.CH4/c25-22-20-16(14-33-21(20)19(12-27-22)24(31)26-9-10-29)13-32-18-8-4-7-17(11-18)28-23(30)15-5-2-1-3-6-15;1-6-2-4-7(5-3-6)11(8,9)10;/h1-8,11-12,14,29H,9-10,13H2,(H2,25,27)(H,26,31)(H,28,30);2-5H,1H3,(H,8,9,10);1H4. The van der Waals surface area contributed by atoms with Crippen molar-refractivity contribution >= 4 is 54.9 Å². The molecule has 13 heteroatoms. The topological polar surface area (TPSA) is 181 Å². The molecule has 0 aliphatic rings. The molecule has 2 aromatic heterocycles. The van der Waals surface area contributed by atoms with Crippen LogP contribution in [0.25, 0.3) is 10.1 Å². The number of aliphatic hydroxyl groups excluding tert-OH is 1. The number of aliphatic hydroxyl groups is 1. The van der Waals surface area contributed by atoms with Crippen molar-refractivity contribution in [3.63, 3.8) is 0 Å². The van der Waals surface area contributed by atoms with Crippen molar-refractivity contribution in [2.24, 2.45) is 0 Å². The molecule has 0 spiro atoms. The molecule has 5 rings (SSSR count). The van der Waals surface area contributed by atoms with E-state index in [1.54, 1.807) is 48.5 Å². The van der Waals surface area contributed by atoms with Gasteiger partial charge in [0.15, 0.2) is 0 Å². The van der Waals surface area contributed by atoms with Gasteiger partial charge in [0, 0.05) is 41.0 Å². The number of carbonyl (C=O) groups excluding carboxylic acids is 2. The molecular formula is C32H34N4O7S2. The van der Waals surface area contributed by atoms with Crippen molar-refractivity contribution in [2.45, 2.75) is 25.9 Å². The summed E-state index contributed by atoms with van der Waals surface area (Å²) in [5, 5.41) is 17.0. The van der Waals surface area contributed by atoms with Crippen molar-refractivity contribution in [3.05, 3.63) is 113 Å². The predicted molar refractivity (Wildman–Crippen MR) is 176 cm³/mol. The molecular weight excluding hydrogens is 617 g/mol. The Labute approximate surface area is 265 Å². The van der Waals surface area contributed by atoms with Gasteiger partial charge >= 0.3 is 0 Å². The van der Waals surface area contributed by atoms with Crippen LogP contribution in [0.4, 0.5) is 11.5 Å². The van der Waals surface area contributed by atoms with E-state index in [0.717, 1.165) is 11.1 Å². The summed E-state index contributed by atoms with van der Waals surface area (Å²) >= 11 is 1.38. The van der Waals surface area contributed by atoms with E-state index in [2.05, 4.69) is 15.6 Å². The highest BCUT2D eigenvalue weighted by Gasteiger charge is 2.17. The number of amides is 2. The number of hydrogen-bond acceptors (Lipinski definition) is 9. The number of anilines is 2. The highest BCUT2D eigenvalue weighted by atomic mass is 32.2. The second-order valence-electron chi connectivity index (χ2n) is 9.43. The minimum absolute atomic E-state index is 0. The summed E-state index contributed by atoms with van der Waals surface area (Å²) in [5.74, 6) is 0.358. The Morgan fingerprint density at radius 3 is 2.38 bits per heavy atom. The third-order valence-electron chi connectivity index (χ3n) is 6.18. The molecule has 6 N–H and O–H groups in total. The summed E-state index contributed by atoms with van der Waals surface area (Å²) in [6.45, 7) is 2.06. The molecule has 0 aliphatic heterocycles. The van der Waals surface area contributed by atoms with Crippen LogP contribution >= 0.6 is 11.3 Å². The van der Waals surface area contributed by atoms with Crippen LogP contribution in [-0.2, 0) is 16.7 Å². The lowest BCUT2D eigenvalue weighted by Crippen LogP contribution is -2.26. The Bertz CT molecular complexity index is 1860. The number of thiophene rings is 1. The first kappa shape index (κ1) is 34.7. The van der Waals surface area contributed by atoms with Gasteiger partial charge in [0.2, 0.25) is 0 Å². The number of nitrogen functional groups attached to an aromatic ring is 1. The molecule has 0 atom stereocenters. The van der Waals surface area contributed by atoms with Gasteiger partial charge < -0.3 is 26.2 Å². The summed E-state index contributed by atoms with van der Waals surface area (Å²) < 4.78 is 36.2. The lowest BCUT2D eigenvalue weighted by molar-refractivity contribution is 0.0945. The number of nitrogens with two attached hydrogens (primary N) is 1. The largest absolute Gasteiger partial charge is 0.489 e. The summed E-state index contributed by atoms with van der Waals surface area (Å²) in [4.78, 5) is 28.9. The zero-order valence-electron chi connectivity index (χ0n) is 23.6. The number of carbonyl (C=O) groups is 2. The smallest absolute Gasteiger partial charge is 0.294 e. The Morgan fingerprint density at radius 1 is 1.00 bits per heavy atom. The van der Waals surface area contributed by atoms with E-state index in [1.165, 1.54) is 29.7 Å². The molecule has 2 heterocycles. The summed E-state index contributed by atoms with van der Waals surface area (Å²) in [6, 6.07) is 22.1. The van der Waals surface area contributed by atoms with Crippen LogP contribution in [0.5, 0.6) is 5.75 Å². The van der Waals surface area contributed by atoms with Gasteiger partial charge in [0.1, 0.15) is 18.2 Å². The molecule has 0 aliphatic carbocycles. The summed E-state index contributed by atoms with van der Waals surface area (Å²) in [5.41, 5.74) is 9.43. The molecule has 3 aromatic carbocycles. The van der Waals surface area contributed by atoms with Crippen molar-refractivity contribution in [1.29, 1.82) is 0 Å². The summed E-state index contributed by atoms with van der Waals surface area (Å²) in [6.07, 6.45) is 1.43. The number of nitrogens with one attached hydrogen (secondary N) is 2. The third-order valence-corrected chi connectivity index (χ3v) is 8.11. The molecule has 0 bridgehead atoms. The molecule has 0 saturated heterocycles. The van der Waals surface area contributed by atoms with Gasteiger partial charge in [0.25, 0.3) is 21.9 Å². The number of benzene rings is 3. The number of ether oxygens (including phenoxy) is 1. The van der Waals surface area contributed by atoms with E-state index < -0.39 is 10.1 Å². The van der Waals surface area contributed by atoms with Crippen molar-refractivity contribution < 1.29 is 32.4 Å². The van der Waals surface area contributed by atoms with Gasteiger partial charge in [-0.2, -0.15) is 8.42 Å². The Hall–Kier alpha value is -4.82. The van der Waals surface area contributed by atoms with Gasteiger partial charge in [-0.3, -0.25) is 14.1 Å². The molecule has 2 amide bonds. The van der Waals surface area contributed by atoms with Crippen LogP contribution in [0.15, 0.2) is 95.3 Å². The minimum atomic E-state index is -4.02. The zero-order chi connectivity index (χ0) is 31.7. The highest BCUT2D eigenvalue weighted by molar-refractivity contribution is 7.85. The molecule has 0 fully saturated rings. The monoisotopic (exact) mass is 650 g/mol. The fraction of sp³-hybridized carbons (Fsp3) is 0.156. The van der Waals surface area contributed by atoms with E-state index in [-0.39, 0.29) is 43.9 Å². The van der Waals surface area contributed by atoms with Crippen molar-refractivity contribution in [3.8, 4) is 5.75 Å². The number of aryl methyl sites for hydroxylation is 1. The van der Waals surface area contributed by atoms with Crippen LogP contribution in [-0.4, -0.2) is 48.0 Å². The molecule has 0 radical (unpaired) electrons. The van der Waals surface area contributed by atoms with Crippen LogP contribution in [0.2, 0.25) is 0 Å². The van der Waals surface area contributed by atoms with Crippen LogP contribution < -0.4 is 21.1 Å². The third kappa shape index (κ3) is 9.33. The van der Waals surface area contributed by atoms with Gasteiger partial charge in [-0.1, -0.05) is 49.4 Å². The maximum Gasteiger partial charge on any atom is 0.294 e. The molecule has 45 heavy (non-hydrogen) atoms. The number of rotatable bonds is 9. The second kappa shape index (κ2) is 15.8. The Morgan fingerprint density at radius 2 is 1.71 bits per heavy atom. The van der Waals surface area contributed by atoms with Gasteiger partial charge in [-0.15, -0.1) is 11.3 Å². The first-order chi connectivity index (χ1) is 21.1. The highest BCUT2D eigenvalue weighted by Crippen LogP contribution is 2.33. The number of nitrogens with zero attached hydrogens (tertiary/aromatic N) is 1. The van der Waals surface area contributed by atoms with Gasteiger partial charge in [-0.05, 0) is 48.7 Å². The summed E-state index contributed by atoms with van der Waals surface area (Å²) in [7, 11) is -4.02. The van der Waals surface area contributed by atoms with Crippen LogP contribution in [0, 0.1) is 6.92 Å². The SMILES string of the molecule is C.Cc1ccc(S(=O)(=O)O)cc1.Nc1ncc(C(=O)NCCO)c2scc(COc3cccc(NC(=O)c4ccccc4)c3)c12. The molecule has 5 aromatic rings. The van der Waals surface area contributed by atoms with Crippen LogP contribution in [0.1, 0.15) is 39.3 Å². The number of aromatic nitrogens is 1. The molecule has 0 unspecified atom stereocenters. The average Bonchev–Trinajstić information content (AvgIpc) is 3.45. The molecule has 0 saturated carbocycles. The Kier molecular flexibility index (Phi) is 12.1. The molecule has 11 nitrogen and oxygen atoms in total. The first-order valence-corrected chi connectivity index (χ1v) is 15.6. The van der Waals surface area contributed by atoms with Crippen molar-refractivity contribution in [2.75, 3.05) is 24.2 Å². The lowest BCUT2D eigenvalue weighted by Gasteiger charge is -2.10. The van der Waals surface area contributed by atoms with Crippen molar-refractivity contribution in [1.82, 2.24) is 10.3 Å². The average molecular weight is 651 g/mol. The first-order valence-electron chi connectivity index (χ1n) is 13.2. The number of fused-ring (bicyclic) bond motifs is 1. The van der Waals surface area contributed by atoms with E-state index in [9.17, 15) is 18.0 Å². The maximum atomic E-state index is 12.4. The minimum Gasteiger partial charge on any atom is -0.489 e. The van der Waals surface area contributed by atoms with Gasteiger partial charge in [0.05, 0.1) is 21.8 Å². The fourth-order valence-electron chi connectivity index (χ4n) is 3.99. The predicted octanol–water partition coefficient (Wildman–Crippen LogP) is 5.31. The number of pyridine rings is 1.